The quantitative estimate of drug-likeness (QED) is 0.158. The van der Waals surface area contributed by atoms with E-state index in [2.05, 4.69) is 25.5 Å². The highest BCUT2D eigenvalue weighted by molar-refractivity contribution is 8.26. The first kappa shape index (κ1) is 29.9. The maximum atomic E-state index is 13.4. The van der Waals surface area contributed by atoms with Gasteiger partial charge in [-0.25, -0.2) is 0 Å². The molecule has 5 rings (SSSR count). The van der Waals surface area contributed by atoms with Crippen LogP contribution in [0.1, 0.15) is 30.7 Å². The van der Waals surface area contributed by atoms with Crippen molar-refractivity contribution in [2.75, 3.05) is 46.0 Å². The lowest BCUT2D eigenvalue weighted by molar-refractivity contribution is -0.122. The molecular weight excluding hydrogens is 603 g/mol. The summed E-state index contributed by atoms with van der Waals surface area (Å²) in [4.78, 5) is 17.9. The van der Waals surface area contributed by atoms with Gasteiger partial charge in [0.15, 0.2) is 5.82 Å². The second kappa shape index (κ2) is 14.6. The van der Waals surface area contributed by atoms with Crippen molar-refractivity contribution in [3.8, 4) is 16.9 Å². The number of aromatic nitrogens is 4. The van der Waals surface area contributed by atoms with Gasteiger partial charge in [0.05, 0.1) is 28.2 Å². The number of nitrogens with one attached hydrogen (secondary N) is 1. The van der Waals surface area contributed by atoms with Crippen molar-refractivity contribution in [2.24, 2.45) is 0 Å². The minimum absolute atomic E-state index is 0.0858. The number of carbonyl (C=O) groups excluding carboxylic acids is 1. The molecule has 0 spiro atoms. The Hall–Kier alpha value is -2.54. The molecule has 13 heteroatoms. The van der Waals surface area contributed by atoms with Crippen molar-refractivity contribution in [2.45, 2.75) is 25.7 Å². The monoisotopic (exact) mass is 632 g/mol. The lowest BCUT2D eigenvalue weighted by Crippen LogP contribution is -2.38. The number of ether oxygens (including phenoxy) is 2. The van der Waals surface area contributed by atoms with E-state index in [1.54, 1.807) is 11.0 Å². The molecule has 2 saturated heterocycles. The number of tetrazole rings is 1. The second-order valence-corrected chi connectivity index (χ2v) is 12.1. The van der Waals surface area contributed by atoms with Gasteiger partial charge in [0.1, 0.15) is 16.7 Å². The number of aromatic amines is 1. The fourth-order valence-corrected chi connectivity index (χ4v) is 6.21. The van der Waals surface area contributed by atoms with Gasteiger partial charge in [0, 0.05) is 38.2 Å². The average molecular weight is 634 g/mol. The van der Waals surface area contributed by atoms with Crippen molar-refractivity contribution in [1.82, 2.24) is 30.4 Å². The fraction of sp³-hybridized carbons (Fsp3) is 0.393. The van der Waals surface area contributed by atoms with E-state index >= 15 is 0 Å². The van der Waals surface area contributed by atoms with Crippen molar-refractivity contribution in [3.63, 3.8) is 0 Å². The van der Waals surface area contributed by atoms with Gasteiger partial charge in [-0.05, 0) is 54.3 Å². The maximum absolute atomic E-state index is 13.4. The Morgan fingerprint density at radius 1 is 1.05 bits per heavy atom. The van der Waals surface area contributed by atoms with Crippen molar-refractivity contribution in [3.05, 3.63) is 62.7 Å². The topological polar surface area (TPSA) is 96.5 Å². The number of hydrogen-bond donors (Lipinski definition) is 1. The van der Waals surface area contributed by atoms with Crippen LogP contribution < -0.4 is 4.74 Å². The zero-order valence-electron chi connectivity index (χ0n) is 22.4. The van der Waals surface area contributed by atoms with Crippen LogP contribution in [-0.2, 0) is 16.0 Å². The number of halogens is 2. The zero-order chi connectivity index (χ0) is 28.6. The zero-order valence-corrected chi connectivity index (χ0v) is 25.5. The molecule has 1 N–H and O–H groups in total. The Balaban J connectivity index is 1.29. The summed E-state index contributed by atoms with van der Waals surface area (Å²) in [5.41, 5.74) is 2.66. The Morgan fingerprint density at radius 2 is 1.85 bits per heavy atom. The molecule has 2 aromatic carbocycles. The third kappa shape index (κ3) is 8.06. The number of nitrogens with zero attached hydrogens (tertiary/aromatic N) is 5. The lowest BCUT2D eigenvalue weighted by atomic mass is 10.0. The van der Waals surface area contributed by atoms with E-state index in [1.807, 2.05) is 36.4 Å². The first-order valence-corrected chi connectivity index (χ1v) is 15.5. The number of thioether (sulfide) groups is 1. The van der Waals surface area contributed by atoms with Crippen LogP contribution in [0.2, 0.25) is 10.0 Å². The summed E-state index contributed by atoms with van der Waals surface area (Å²) < 4.78 is 12.2. The largest absolute Gasteiger partial charge is 0.492 e. The lowest BCUT2D eigenvalue weighted by Gasteiger charge is -2.26. The molecule has 0 bridgehead atoms. The molecule has 1 amide bonds. The standard InChI is InChI=1S/C28H30Cl2N6O3S2/c29-22-7-5-20(17-23(22)30)19-6-8-24(39-15-12-35-10-13-38-14-11-35)21(16-19)18-25-27(37)36(28(40)41-25)9-3-1-2-4-26-31-33-34-32-26/h5-8,16-18H,1-4,9-15H2,(H,31,32,33,34). The van der Waals surface area contributed by atoms with E-state index in [9.17, 15) is 4.79 Å². The van der Waals surface area contributed by atoms with E-state index < -0.39 is 0 Å². The molecule has 0 unspecified atom stereocenters. The highest BCUT2D eigenvalue weighted by atomic mass is 35.5. The van der Waals surface area contributed by atoms with Gasteiger partial charge in [0.2, 0.25) is 0 Å². The van der Waals surface area contributed by atoms with Gasteiger partial charge < -0.3 is 9.47 Å². The van der Waals surface area contributed by atoms with Gasteiger partial charge >= 0.3 is 0 Å². The Labute approximate surface area is 258 Å². The molecular formula is C28H30Cl2N6O3S2. The van der Waals surface area contributed by atoms with Crippen LogP contribution in [0, 0.1) is 0 Å². The van der Waals surface area contributed by atoms with Gasteiger partial charge in [-0.1, -0.05) is 70.9 Å². The molecule has 9 nitrogen and oxygen atoms in total. The molecule has 1 aromatic heterocycles. The van der Waals surface area contributed by atoms with Gasteiger partial charge in [-0.2, -0.15) is 5.21 Å². The maximum Gasteiger partial charge on any atom is 0.266 e. The molecule has 216 valence electrons. The Kier molecular flexibility index (Phi) is 10.6. The third-order valence-electron chi connectivity index (χ3n) is 6.86. The van der Waals surface area contributed by atoms with Crippen molar-refractivity contribution >= 4 is 63.5 Å². The smallest absolute Gasteiger partial charge is 0.266 e. The van der Waals surface area contributed by atoms with Crippen LogP contribution in [-0.4, -0.2) is 86.7 Å². The van der Waals surface area contributed by atoms with E-state index in [1.165, 1.54) is 11.8 Å². The summed E-state index contributed by atoms with van der Waals surface area (Å²) >= 11 is 19.3. The number of carbonyl (C=O) groups is 1. The molecule has 3 heterocycles. The predicted molar refractivity (Wildman–Crippen MR) is 166 cm³/mol. The summed E-state index contributed by atoms with van der Waals surface area (Å²) in [6, 6.07) is 11.5. The van der Waals surface area contributed by atoms with Crippen molar-refractivity contribution < 1.29 is 14.3 Å². The molecule has 0 aliphatic carbocycles. The minimum atomic E-state index is -0.0858. The first-order chi connectivity index (χ1) is 20.0. The van der Waals surface area contributed by atoms with E-state index in [4.69, 9.17) is 44.9 Å². The summed E-state index contributed by atoms with van der Waals surface area (Å²) in [6.07, 6.45) is 5.30. The summed E-state index contributed by atoms with van der Waals surface area (Å²) in [5.74, 6) is 1.32. The minimum Gasteiger partial charge on any atom is -0.492 e. The summed E-state index contributed by atoms with van der Waals surface area (Å²) in [6.45, 7) is 5.16. The van der Waals surface area contributed by atoms with Crippen LogP contribution >= 0.6 is 47.2 Å². The highest BCUT2D eigenvalue weighted by Crippen LogP contribution is 2.37. The average Bonchev–Trinajstić information content (AvgIpc) is 3.59. The van der Waals surface area contributed by atoms with E-state index in [-0.39, 0.29) is 5.91 Å². The number of morpholine rings is 1. The SMILES string of the molecule is O=C1C(=Cc2cc(-c3ccc(Cl)c(Cl)c3)ccc2OCCN2CCOCC2)SC(=S)N1CCCCCc1nn[nH]n1. The number of hydrogen-bond acceptors (Lipinski definition) is 9. The van der Waals surface area contributed by atoms with Crippen LogP contribution in [0.15, 0.2) is 41.3 Å². The number of benzene rings is 2. The summed E-state index contributed by atoms with van der Waals surface area (Å²) in [5, 5.41) is 15.0. The van der Waals surface area contributed by atoms with Crippen LogP contribution in [0.25, 0.3) is 17.2 Å². The number of unbranched alkanes of at least 4 members (excludes halogenated alkanes) is 2. The van der Waals surface area contributed by atoms with Crippen LogP contribution in [0.5, 0.6) is 5.75 Å². The third-order valence-corrected chi connectivity index (χ3v) is 8.98. The van der Waals surface area contributed by atoms with Crippen LogP contribution in [0.4, 0.5) is 0 Å². The number of amides is 1. The van der Waals surface area contributed by atoms with E-state index in [0.717, 1.165) is 75.2 Å². The number of rotatable bonds is 12. The normalized spacial score (nSPS) is 17.1. The predicted octanol–water partition coefficient (Wildman–Crippen LogP) is 5.50. The molecule has 0 radical (unpaired) electrons. The first-order valence-electron chi connectivity index (χ1n) is 13.5. The Bertz CT molecular complexity index is 1400. The number of aryl methyl sites for hydroxylation is 1. The molecule has 0 saturated carbocycles. The molecule has 0 atom stereocenters. The number of thiocarbonyl (C=S) groups is 1. The highest BCUT2D eigenvalue weighted by Gasteiger charge is 2.31. The fourth-order valence-electron chi connectivity index (χ4n) is 4.61. The van der Waals surface area contributed by atoms with Gasteiger partial charge in [-0.15, -0.1) is 10.2 Å². The van der Waals surface area contributed by atoms with Gasteiger partial charge in [0.25, 0.3) is 5.91 Å². The molecule has 41 heavy (non-hydrogen) atoms. The summed E-state index contributed by atoms with van der Waals surface area (Å²) in [7, 11) is 0. The number of H-pyrrole nitrogens is 1. The Morgan fingerprint density at radius 3 is 2.63 bits per heavy atom. The van der Waals surface area contributed by atoms with Crippen molar-refractivity contribution in [1.29, 1.82) is 0 Å². The second-order valence-electron chi connectivity index (χ2n) is 9.66. The molecule has 2 aliphatic rings. The molecule has 2 fully saturated rings. The molecule has 3 aromatic rings. The van der Waals surface area contributed by atoms with Crippen LogP contribution in [0.3, 0.4) is 0 Å². The van der Waals surface area contributed by atoms with Gasteiger partial charge in [-0.3, -0.25) is 14.6 Å². The van der Waals surface area contributed by atoms with E-state index in [0.29, 0.717) is 44.0 Å². The molecule has 2 aliphatic heterocycles.